The molecule has 8 nitrogen and oxygen atoms in total. The average Bonchev–Trinajstić information content (AvgIpc) is 2.59. The molecule has 1 aromatic carbocycles. The van der Waals surface area contributed by atoms with Crippen LogP contribution in [-0.2, 0) is 14.3 Å². The van der Waals surface area contributed by atoms with Crippen LogP contribution in [-0.4, -0.2) is 49.7 Å². The highest BCUT2D eigenvalue weighted by Crippen LogP contribution is 2.20. The number of alkyl carbamates (subject to hydrolysis) is 1. The molecule has 0 aliphatic heterocycles. The minimum atomic E-state index is -0.640. The molecule has 0 atom stereocenters. The molecule has 0 aromatic heterocycles. The molecule has 0 saturated carbocycles. The Kier molecular flexibility index (Phi) is 9.27. The molecule has 0 bridgehead atoms. The Bertz CT molecular complexity index is 683. The third-order valence-electron chi connectivity index (χ3n) is 3.70. The topological polar surface area (TPSA) is 106 Å². The van der Waals surface area contributed by atoms with E-state index in [2.05, 4.69) is 16.0 Å². The van der Waals surface area contributed by atoms with Gasteiger partial charge in [0, 0.05) is 13.1 Å². The normalized spacial score (nSPS) is 10.8. The van der Waals surface area contributed by atoms with Gasteiger partial charge in [0.25, 0.3) is 5.91 Å². The van der Waals surface area contributed by atoms with Crippen molar-refractivity contribution in [1.82, 2.24) is 16.0 Å². The van der Waals surface area contributed by atoms with E-state index in [0.717, 1.165) is 11.1 Å². The summed E-state index contributed by atoms with van der Waals surface area (Å²) < 4.78 is 10.6. The summed E-state index contributed by atoms with van der Waals surface area (Å²) in [6.45, 7) is 9.74. The molecule has 0 saturated heterocycles. The lowest BCUT2D eigenvalue weighted by atomic mass is 10.1. The highest BCUT2D eigenvalue weighted by atomic mass is 16.6. The van der Waals surface area contributed by atoms with Gasteiger partial charge in [0.15, 0.2) is 6.61 Å². The zero-order valence-corrected chi connectivity index (χ0v) is 17.3. The standard InChI is InChI=1S/C20H31N3O5/c1-14-8-6-9-16(15(14)2)27-13-18(25)22-11-7-10-21-17(24)12-23-19(26)28-20(3,4)5/h6,8-9H,7,10-13H2,1-5H3,(H,21,24)(H,22,25)(H,23,26). The number of ether oxygens (including phenoxy) is 2. The Morgan fingerprint density at radius 2 is 1.61 bits per heavy atom. The lowest BCUT2D eigenvalue weighted by Gasteiger charge is -2.19. The van der Waals surface area contributed by atoms with Crippen molar-refractivity contribution < 1.29 is 23.9 Å². The highest BCUT2D eigenvalue weighted by molar-refractivity contribution is 5.82. The maximum absolute atomic E-state index is 11.8. The van der Waals surface area contributed by atoms with E-state index in [0.29, 0.717) is 25.3 Å². The fourth-order valence-corrected chi connectivity index (χ4v) is 2.15. The van der Waals surface area contributed by atoms with Crippen LogP contribution in [0.3, 0.4) is 0 Å². The second-order valence-corrected chi connectivity index (χ2v) is 7.40. The molecule has 8 heteroatoms. The summed E-state index contributed by atoms with van der Waals surface area (Å²) in [6.07, 6.45) is -0.0771. The van der Waals surface area contributed by atoms with Crippen molar-refractivity contribution >= 4 is 17.9 Å². The van der Waals surface area contributed by atoms with Gasteiger partial charge in [0.05, 0.1) is 6.54 Å². The number of aryl methyl sites for hydroxylation is 1. The smallest absolute Gasteiger partial charge is 0.408 e. The first-order valence-corrected chi connectivity index (χ1v) is 9.28. The van der Waals surface area contributed by atoms with Crippen molar-refractivity contribution in [3.8, 4) is 5.75 Å². The van der Waals surface area contributed by atoms with E-state index in [1.807, 2.05) is 32.0 Å². The van der Waals surface area contributed by atoms with Gasteiger partial charge in [0.2, 0.25) is 5.91 Å². The lowest BCUT2D eigenvalue weighted by Crippen LogP contribution is -2.40. The maximum atomic E-state index is 11.8. The monoisotopic (exact) mass is 393 g/mol. The van der Waals surface area contributed by atoms with Crippen molar-refractivity contribution in [3.05, 3.63) is 29.3 Å². The Morgan fingerprint density at radius 1 is 0.964 bits per heavy atom. The summed E-state index contributed by atoms with van der Waals surface area (Å²) in [5, 5.41) is 7.77. The molecule has 0 unspecified atom stereocenters. The van der Waals surface area contributed by atoms with Crippen LogP contribution in [0.2, 0.25) is 0 Å². The molecule has 0 radical (unpaired) electrons. The predicted molar refractivity (Wildman–Crippen MR) is 106 cm³/mol. The van der Waals surface area contributed by atoms with Crippen molar-refractivity contribution in [2.24, 2.45) is 0 Å². The first-order valence-electron chi connectivity index (χ1n) is 9.28. The molecule has 1 aromatic rings. The van der Waals surface area contributed by atoms with Crippen LogP contribution < -0.4 is 20.7 Å². The summed E-state index contributed by atoms with van der Waals surface area (Å²) in [6, 6.07) is 5.70. The molecule has 1 rings (SSSR count). The van der Waals surface area contributed by atoms with Crippen molar-refractivity contribution in [1.29, 1.82) is 0 Å². The Morgan fingerprint density at radius 3 is 2.25 bits per heavy atom. The number of benzene rings is 1. The summed E-state index contributed by atoms with van der Waals surface area (Å²) in [7, 11) is 0. The van der Waals surface area contributed by atoms with Gasteiger partial charge in [-0.2, -0.15) is 0 Å². The number of amides is 3. The van der Waals surface area contributed by atoms with E-state index in [-0.39, 0.29) is 25.0 Å². The maximum Gasteiger partial charge on any atom is 0.408 e. The number of nitrogens with one attached hydrogen (secondary N) is 3. The number of carbonyl (C=O) groups excluding carboxylic acids is 3. The summed E-state index contributed by atoms with van der Waals surface area (Å²) >= 11 is 0. The second kappa shape index (κ2) is 11.2. The first-order chi connectivity index (χ1) is 13.1. The third-order valence-corrected chi connectivity index (χ3v) is 3.70. The zero-order valence-electron chi connectivity index (χ0n) is 17.3. The molecule has 0 aliphatic rings. The zero-order chi connectivity index (χ0) is 21.2. The Hall–Kier alpha value is -2.77. The Balaban J connectivity index is 2.11. The predicted octanol–water partition coefficient (Wildman–Crippen LogP) is 1.83. The lowest BCUT2D eigenvalue weighted by molar-refractivity contribution is -0.123. The van der Waals surface area contributed by atoms with Gasteiger partial charge >= 0.3 is 6.09 Å². The van der Waals surface area contributed by atoms with Crippen LogP contribution in [0.4, 0.5) is 4.79 Å². The van der Waals surface area contributed by atoms with E-state index in [1.165, 1.54) is 0 Å². The molecular formula is C20H31N3O5. The van der Waals surface area contributed by atoms with E-state index < -0.39 is 11.7 Å². The quantitative estimate of drug-likeness (QED) is 0.555. The summed E-state index contributed by atoms with van der Waals surface area (Å²) in [5.41, 5.74) is 1.51. The second-order valence-electron chi connectivity index (χ2n) is 7.40. The van der Waals surface area contributed by atoms with Gasteiger partial charge in [0.1, 0.15) is 11.4 Å². The number of hydrogen-bond donors (Lipinski definition) is 3. The largest absolute Gasteiger partial charge is 0.483 e. The molecule has 3 N–H and O–H groups in total. The number of hydrogen-bond acceptors (Lipinski definition) is 5. The molecule has 156 valence electrons. The van der Waals surface area contributed by atoms with Crippen LogP contribution in [0, 0.1) is 13.8 Å². The molecule has 0 fully saturated rings. The fourth-order valence-electron chi connectivity index (χ4n) is 2.15. The average molecular weight is 393 g/mol. The molecule has 3 amide bonds. The summed E-state index contributed by atoms with van der Waals surface area (Å²) in [4.78, 5) is 34.9. The van der Waals surface area contributed by atoms with Gasteiger partial charge in [-0.25, -0.2) is 4.79 Å². The van der Waals surface area contributed by atoms with E-state index >= 15 is 0 Å². The Labute approximate surface area is 166 Å². The van der Waals surface area contributed by atoms with Gasteiger partial charge in [-0.15, -0.1) is 0 Å². The number of rotatable bonds is 9. The number of carbonyl (C=O) groups is 3. The minimum absolute atomic E-state index is 0.0591. The molecular weight excluding hydrogens is 362 g/mol. The highest BCUT2D eigenvalue weighted by Gasteiger charge is 2.16. The first kappa shape index (κ1) is 23.3. The summed E-state index contributed by atoms with van der Waals surface area (Å²) in [5.74, 6) is 0.147. The SMILES string of the molecule is Cc1cccc(OCC(=O)NCCCNC(=O)CNC(=O)OC(C)(C)C)c1C. The van der Waals surface area contributed by atoms with Crippen LogP contribution in [0.5, 0.6) is 5.75 Å². The molecule has 0 spiro atoms. The van der Waals surface area contributed by atoms with Gasteiger partial charge in [-0.3, -0.25) is 9.59 Å². The van der Waals surface area contributed by atoms with Crippen LogP contribution in [0.1, 0.15) is 38.3 Å². The molecule has 28 heavy (non-hydrogen) atoms. The van der Waals surface area contributed by atoms with Gasteiger partial charge < -0.3 is 25.4 Å². The van der Waals surface area contributed by atoms with Gasteiger partial charge in [-0.1, -0.05) is 12.1 Å². The fraction of sp³-hybridized carbons (Fsp3) is 0.550. The van der Waals surface area contributed by atoms with Crippen LogP contribution in [0.15, 0.2) is 18.2 Å². The molecule has 0 aliphatic carbocycles. The van der Waals surface area contributed by atoms with Crippen molar-refractivity contribution in [2.75, 3.05) is 26.2 Å². The van der Waals surface area contributed by atoms with Crippen LogP contribution in [0.25, 0.3) is 0 Å². The molecule has 0 heterocycles. The van der Waals surface area contributed by atoms with Gasteiger partial charge in [-0.05, 0) is 58.2 Å². The van der Waals surface area contributed by atoms with E-state index in [9.17, 15) is 14.4 Å². The van der Waals surface area contributed by atoms with Crippen molar-refractivity contribution in [2.45, 2.75) is 46.6 Å². The van der Waals surface area contributed by atoms with Crippen LogP contribution >= 0.6 is 0 Å². The van der Waals surface area contributed by atoms with E-state index in [1.54, 1.807) is 20.8 Å². The van der Waals surface area contributed by atoms with Crippen molar-refractivity contribution in [3.63, 3.8) is 0 Å². The minimum Gasteiger partial charge on any atom is -0.483 e. The van der Waals surface area contributed by atoms with E-state index in [4.69, 9.17) is 9.47 Å². The third kappa shape index (κ3) is 9.80.